The van der Waals surface area contributed by atoms with Crippen molar-refractivity contribution in [2.75, 3.05) is 24.8 Å². The van der Waals surface area contributed by atoms with Crippen LogP contribution in [0.25, 0.3) is 0 Å². The van der Waals surface area contributed by atoms with Crippen molar-refractivity contribution in [3.05, 3.63) is 34.6 Å². The van der Waals surface area contributed by atoms with Gasteiger partial charge in [0, 0.05) is 28.8 Å². The minimum absolute atomic E-state index is 0.780. The second-order valence-corrected chi connectivity index (χ2v) is 5.07. The molecule has 0 amide bonds. The zero-order chi connectivity index (χ0) is 14.5. The zero-order valence-electron chi connectivity index (χ0n) is 11.7. The smallest absolute Gasteiger partial charge is 0.139 e. The number of benzene rings is 1. The van der Waals surface area contributed by atoms with Gasteiger partial charge in [-0.1, -0.05) is 22.9 Å². The topological polar surface area (TPSA) is 59.1 Å². The Morgan fingerprint density at radius 1 is 1.20 bits per heavy atom. The van der Waals surface area contributed by atoms with Crippen LogP contribution in [0.1, 0.15) is 12.5 Å². The largest absolute Gasteiger partial charge is 0.497 e. The van der Waals surface area contributed by atoms with Crippen LogP contribution in [0, 0.1) is 0 Å². The average Bonchev–Trinajstić information content (AvgIpc) is 2.46. The zero-order valence-corrected chi connectivity index (χ0v) is 13.3. The van der Waals surface area contributed by atoms with E-state index < -0.39 is 0 Å². The normalized spacial score (nSPS) is 10.2. The molecular weight excluding hydrogens is 320 g/mol. The van der Waals surface area contributed by atoms with Gasteiger partial charge in [-0.25, -0.2) is 9.97 Å². The molecule has 0 fully saturated rings. The second-order valence-electron chi connectivity index (χ2n) is 4.16. The monoisotopic (exact) mass is 336 g/mol. The molecule has 0 aliphatic heterocycles. The first-order valence-electron chi connectivity index (χ1n) is 6.31. The van der Waals surface area contributed by atoms with Gasteiger partial charge < -0.3 is 15.4 Å². The fourth-order valence-corrected chi connectivity index (χ4v) is 2.43. The fourth-order valence-electron chi connectivity index (χ4n) is 1.96. The maximum absolute atomic E-state index is 5.26. The van der Waals surface area contributed by atoms with E-state index >= 15 is 0 Å². The summed E-state index contributed by atoms with van der Waals surface area (Å²) in [7, 11) is 3.50. The summed E-state index contributed by atoms with van der Waals surface area (Å²) in [6.45, 7) is 2.08. The van der Waals surface area contributed by atoms with Gasteiger partial charge in [-0.15, -0.1) is 0 Å². The van der Waals surface area contributed by atoms with E-state index in [1.54, 1.807) is 13.4 Å². The Morgan fingerprint density at radius 3 is 2.60 bits per heavy atom. The van der Waals surface area contributed by atoms with E-state index in [1.807, 2.05) is 25.2 Å². The number of nitrogens with one attached hydrogen (secondary N) is 2. The molecule has 2 aromatic rings. The number of hydrogen-bond acceptors (Lipinski definition) is 5. The molecule has 1 aromatic heterocycles. The third-order valence-electron chi connectivity index (χ3n) is 2.91. The number of methoxy groups -OCH3 is 1. The van der Waals surface area contributed by atoms with Crippen LogP contribution in [-0.2, 0) is 6.42 Å². The highest BCUT2D eigenvalue weighted by atomic mass is 79.9. The summed E-state index contributed by atoms with van der Waals surface area (Å²) in [4.78, 5) is 8.55. The molecule has 6 heteroatoms. The van der Waals surface area contributed by atoms with Crippen LogP contribution >= 0.6 is 15.9 Å². The highest BCUT2D eigenvalue weighted by Crippen LogP contribution is 2.28. The van der Waals surface area contributed by atoms with Gasteiger partial charge in [-0.3, -0.25) is 0 Å². The number of anilines is 3. The van der Waals surface area contributed by atoms with Gasteiger partial charge in [0.1, 0.15) is 23.7 Å². The third-order valence-corrected chi connectivity index (χ3v) is 3.36. The van der Waals surface area contributed by atoms with Crippen molar-refractivity contribution in [1.29, 1.82) is 0 Å². The predicted octanol–water partition coefficient (Wildman–Crippen LogP) is 3.60. The molecule has 0 unspecified atom stereocenters. The Labute approximate surface area is 126 Å². The molecule has 0 aliphatic rings. The van der Waals surface area contributed by atoms with Crippen LogP contribution in [0.3, 0.4) is 0 Å². The van der Waals surface area contributed by atoms with E-state index in [0.29, 0.717) is 0 Å². The van der Waals surface area contributed by atoms with Gasteiger partial charge in [-0.05, 0) is 18.6 Å². The molecule has 106 valence electrons. The fraction of sp³-hybridized carbons (Fsp3) is 0.286. The summed E-state index contributed by atoms with van der Waals surface area (Å²) in [6, 6.07) is 5.80. The number of nitrogens with zero attached hydrogens (tertiary/aromatic N) is 2. The first-order chi connectivity index (χ1) is 9.67. The summed E-state index contributed by atoms with van der Waals surface area (Å²) < 4.78 is 6.20. The minimum Gasteiger partial charge on any atom is -0.497 e. The van der Waals surface area contributed by atoms with Crippen LogP contribution in [-0.4, -0.2) is 24.1 Å². The quantitative estimate of drug-likeness (QED) is 0.873. The second kappa shape index (κ2) is 6.56. The molecule has 0 saturated heterocycles. The third kappa shape index (κ3) is 3.19. The van der Waals surface area contributed by atoms with Crippen LogP contribution in [0.4, 0.5) is 17.3 Å². The Kier molecular flexibility index (Phi) is 4.79. The minimum atomic E-state index is 0.780. The summed E-state index contributed by atoms with van der Waals surface area (Å²) in [5.74, 6) is 2.42. The number of halogens is 1. The predicted molar refractivity (Wildman–Crippen MR) is 84.9 cm³/mol. The molecule has 2 N–H and O–H groups in total. The molecule has 0 bridgehead atoms. The highest BCUT2D eigenvalue weighted by Gasteiger charge is 2.09. The van der Waals surface area contributed by atoms with Gasteiger partial charge in [0.15, 0.2) is 0 Å². The molecule has 1 heterocycles. The Balaban J connectivity index is 2.37. The van der Waals surface area contributed by atoms with Crippen molar-refractivity contribution >= 4 is 33.3 Å². The first-order valence-corrected chi connectivity index (χ1v) is 7.10. The van der Waals surface area contributed by atoms with Gasteiger partial charge in [0.25, 0.3) is 0 Å². The molecule has 0 saturated carbocycles. The van der Waals surface area contributed by atoms with Crippen molar-refractivity contribution in [2.45, 2.75) is 13.3 Å². The van der Waals surface area contributed by atoms with Gasteiger partial charge in [0.05, 0.1) is 7.11 Å². The van der Waals surface area contributed by atoms with Crippen molar-refractivity contribution in [3.8, 4) is 5.75 Å². The summed E-state index contributed by atoms with van der Waals surface area (Å²) in [5, 5.41) is 6.39. The SMILES string of the molecule is CCc1c(NC)ncnc1Nc1cc(Br)cc(OC)c1. The molecule has 0 aliphatic carbocycles. The highest BCUT2D eigenvalue weighted by molar-refractivity contribution is 9.10. The van der Waals surface area contributed by atoms with Crippen molar-refractivity contribution < 1.29 is 4.74 Å². The summed E-state index contributed by atoms with van der Waals surface area (Å²) >= 11 is 3.47. The maximum Gasteiger partial charge on any atom is 0.139 e. The van der Waals surface area contributed by atoms with Crippen LogP contribution < -0.4 is 15.4 Å². The molecule has 0 atom stereocenters. The van der Waals surface area contributed by atoms with Gasteiger partial charge in [-0.2, -0.15) is 0 Å². The number of rotatable bonds is 5. The van der Waals surface area contributed by atoms with Crippen LogP contribution in [0.15, 0.2) is 29.0 Å². The molecule has 0 radical (unpaired) electrons. The molecule has 0 spiro atoms. The van der Waals surface area contributed by atoms with E-state index in [0.717, 1.165) is 39.5 Å². The number of hydrogen-bond donors (Lipinski definition) is 2. The lowest BCUT2D eigenvalue weighted by atomic mass is 10.2. The molecular formula is C14H17BrN4O. The first kappa shape index (κ1) is 14.6. The summed E-state index contributed by atoms with van der Waals surface area (Å²) in [5.41, 5.74) is 1.96. The Morgan fingerprint density at radius 2 is 1.95 bits per heavy atom. The van der Waals surface area contributed by atoms with Crippen molar-refractivity contribution in [2.24, 2.45) is 0 Å². The van der Waals surface area contributed by atoms with E-state index in [2.05, 4.69) is 43.5 Å². The standard InChI is InChI=1S/C14H17BrN4O/c1-4-12-13(16-2)17-8-18-14(12)19-10-5-9(15)6-11(7-10)20-3/h5-8H,4H2,1-3H3,(H2,16,17,18,19). The van der Waals surface area contributed by atoms with E-state index in [1.165, 1.54) is 0 Å². The molecule has 2 rings (SSSR count). The molecule has 5 nitrogen and oxygen atoms in total. The summed E-state index contributed by atoms with van der Waals surface area (Å²) in [6.07, 6.45) is 2.38. The van der Waals surface area contributed by atoms with Gasteiger partial charge >= 0.3 is 0 Å². The number of ether oxygens (including phenoxy) is 1. The van der Waals surface area contributed by atoms with Crippen molar-refractivity contribution in [3.63, 3.8) is 0 Å². The lowest BCUT2D eigenvalue weighted by molar-refractivity contribution is 0.415. The van der Waals surface area contributed by atoms with Crippen molar-refractivity contribution in [1.82, 2.24) is 9.97 Å². The molecule has 20 heavy (non-hydrogen) atoms. The number of aromatic nitrogens is 2. The van der Waals surface area contributed by atoms with Gasteiger partial charge in [0.2, 0.25) is 0 Å². The van der Waals surface area contributed by atoms with Crippen LogP contribution in [0.2, 0.25) is 0 Å². The van der Waals surface area contributed by atoms with Crippen LogP contribution in [0.5, 0.6) is 5.75 Å². The maximum atomic E-state index is 5.26. The Bertz CT molecular complexity index is 604. The Hall–Kier alpha value is -1.82. The molecule has 1 aromatic carbocycles. The van der Waals surface area contributed by atoms with E-state index in [4.69, 9.17) is 4.74 Å². The lowest BCUT2D eigenvalue weighted by Crippen LogP contribution is -2.05. The van der Waals surface area contributed by atoms with E-state index in [-0.39, 0.29) is 0 Å². The lowest BCUT2D eigenvalue weighted by Gasteiger charge is -2.13. The average molecular weight is 337 g/mol. The van der Waals surface area contributed by atoms with E-state index in [9.17, 15) is 0 Å².